The third-order valence-corrected chi connectivity index (χ3v) is 4.97. The van der Waals surface area contributed by atoms with Crippen molar-refractivity contribution < 1.29 is 8.42 Å². The number of nitrogens with zero attached hydrogens (tertiary/aromatic N) is 1. The number of rotatable bonds is 4. The first-order chi connectivity index (χ1) is 7.34. The van der Waals surface area contributed by atoms with Gasteiger partial charge in [-0.25, -0.2) is 0 Å². The van der Waals surface area contributed by atoms with Crippen LogP contribution in [0.5, 0.6) is 0 Å². The molecule has 2 atom stereocenters. The third kappa shape index (κ3) is 3.38. The van der Waals surface area contributed by atoms with Gasteiger partial charge in [-0.2, -0.15) is 17.4 Å². The fourth-order valence-electron chi connectivity index (χ4n) is 1.78. The van der Waals surface area contributed by atoms with E-state index in [0.29, 0.717) is 6.54 Å². The number of hydrogen-bond donors (Lipinski definition) is 2. The molecule has 1 rings (SSSR count). The number of nitrogens with one attached hydrogen (secondary N) is 1. The van der Waals surface area contributed by atoms with Crippen molar-refractivity contribution in [3.8, 4) is 0 Å². The highest BCUT2D eigenvalue weighted by Crippen LogP contribution is 2.19. The fraction of sp³-hybridized carbons (Fsp3) is 0.889. The molecule has 16 heavy (non-hydrogen) atoms. The second kappa shape index (κ2) is 5.39. The van der Waals surface area contributed by atoms with Crippen molar-refractivity contribution in [3.63, 3.8) is 0 Å². The SMILES string of the molecule is CC(NS(=O)(=O)N1CCCCC1C)C(N)=S. The van der Waals surface area contributed by atoms with Crippen molar-refractivity contribution in [3.05, 3.63) is 0 Å². The summed E-state index contributed by atoms with van der Waals surface area (Å²) in [6, 6.07) is -0.459. The van der Waals surface area contributed by atoms with Gasteiger partial charge in [0.15, 0.2) is 0 Å². The van der Waals surface area contributed by atoms with Crippen LogP contribution in [0.15, 0.2) is 0 Å². The van der Waals surface area contributed by atoms with Crippen LogP contribution in [0.2, 0.25) is 0 Å². The Hall–Kier alpha value is -0.240. The molecule has 0 bridgehead atoms. The molecule has 1 fully saturated rings. The minimum Gasteiger partial charge on any atom is -0.392 e. The largest absolute Gasteiger partial charge is 0.392 e. The molecule has 0 radical (unpaired) electrons. The summed E-state index contributed by atoms with van der Waals surface area (Å²) in [6.45, 7) is 4.14. The molecule has 94 valence electrons. The molecule has 0 saturated carbocycles. The van der Waals surface area contributed by atoms with Gasteiger partial charge in [0.25, 0.3) is 10.2 Å². The number of thiocarbonyl (C=S) groups is 1. The fourth-order valence-corrected chi connectivity index (χ4v) is 3.57. The minimum absolute atomic E-state index is 0.0461. The zero-order valence-corrected chi connectivity index (χ0v) is 11.3. The number of hydrogen-bond acceptors (Lipinski definition) is 3. The Morgan fingerprint density at radius 1 is 1.56 bits per heavy atom. The van der Waals surface area contributed by atoms with E-state index in [-0.39, 0.29) is 11.0 Å². The Labute approximate surface area is 103 Å². The normalized spacial score (nSPS) is 25.2. The van der Waals surface area contributed by atoms with Crippen LogP contribution < -0.4 is 10.5 Å². The van der Waals surface area contributed by atoms with E-state index in [1.807, 2.05) is 6.92 Å². The van der Waals surface area contributed by atoms with Crippen LogP contribution in [0.1, 0.15) is 33.1 Å². The van der Waals surface area contributed by atoms with E-state index < -0.39 is 16.3 Å². The molecular weight excluding hydrogens is 246 g/mol. The van der Waals surface area contributed by atoms with Gasteiger partial charge in [-0.3, -0.25) is 0 Å². The lowest BCUT2D eigenvalue weighted by Gasteiger charge is -2.33. The van der Waals surface area contributed by atoms with Gasteiger partial charge in [-0.05, 0) is 26.7 Å². The molecular formula is C9H19N3O2S2. The summed E-state index contributed by atoms with van der Waals surface area (Å²) in [5, 5.41) is 0. The van der Waals surface area contributed by atoms with E-state index in [4.69, 9.17) is 18.0 Å². The summed E-state index contributed by atoms with van der Waals surface area (Å²) in [4.78, 5) is 0.160. The molecule has 0 aliphatic carbocycles. The van der Waals surface area contributed by atoms with E-state index in [9.17, 15) is 8.42 Å². The average Bonchev–Trinajstić information content (AvgIpc) is 2.17. The second-order valence-electron chi connectivity index (χ2n) is 4.20. The van der Waals surface area contributed by atoms with E-state index >= 15 is 0 Å². The van der Waals surface area contributed by atoms with Crippen LogP contribution >= 0.6 is 12.2 Å². The Morgan fingerprint density at radius 2 is 2.19 bits per heavy atom. The van der Waals surface area contributed by atoms with Crippen molar-refractivity contribution in [2.75, 3.05) is 6.54 Å². The third-order valence-electron chi connectivity index (χ3n) is 2.80. The molecule has 7 heteroatoms. The van der Waals surface area contributed by atoms with Crippen LogP contribution in [-0.2, 0) is 10.2 Å². The predicted octanol–water partition coefficient (Wildman–Crippen LogP) is 0.370. The Bertz CT molecular complexity index is 356. The molecule has 0 amide bonds. The quantitative estimate of drug-likeness (QED) is 0.720. The molecule has 1 saturated heterocycles. The molecule has 1 aliphatic heterocycles. The highest BCUT2D eigenvalue weighted by molar-refractivity contribution is 7.87. The van der Waals surface area contributed by atoms with Crippen LogP contribution in [0.25, 0.3) is 0 Å². The molecule has 3 N–H and O–H groups in total. The molecule has 5 nitrogen and oxygen atoms in total. The van der Waals surface area contributed by atoms with Gasteiger partial charge in [0, 0.05) is 12.6 Å². The van der Waals surface area contributed by atoms with Gasteiger partial charge in [0.1, 0.15) is 0 Å². The molecule has 2 unspecified atom stereocenters. The summed E-state index contributed by atoms with van der Waals surface area (Å²) in [7, 11) is -3.46. The van der Waals surface area contributed by atoms with Gasteiger partial charge in [0.2, 0.25) is 0 Å². The van der Waals surface area contributed by atoms with Crippen molar-refractivity contribution in [1.82, 2.24) is 9.03 Å². The Balaban J connectivity index is 2.72. The first-order valence-corrected chi connectivity index (χ1v) is 7.28. The number of piperidine rings is 1. The smallest absolute Gasteiger partial charge is 0.280 e. The lowest BCUT2D eigenvalue weighted by atomic mass is 10.1. The summed E-state index contributed by atoms with van der Waals surface area (Å²) < 4.78 is 28.0. The van der Waals surface area contributed by atoms with Crippen molar-refractivity contribution >= 4 is 27.4 Å². The predicted molar refractivity (Wildman–Crippen MR) is 68.3 cm³/mol. The Morgan fingerprint density at radius 3 is 2.69 bits per heavy atom. The van der Waals surface area contributed by atoms with Gasteiger partial charge in [0.05, 0.1) is 11.0 Å². The summed E-state index contributed by atoms with van der Waals surface area (Å²) in [5.74, 6) is 0. The lowest BCUT2D eigenvalue weighted by Crippen LogP contribution is -2.52. The van der Waals surface area contributed by atoms with Crippen molar-refractivity contribution in [2.45, 2.75) is 45.2 Å². The topological polar surface area (TPSA) is 75.4 Å². The van der Waals surface area contributed by atoms with Crippen LogP contribution in [-0.4, -0.2) is 36.3 Å². The van der Waals surface area contributed by atoms with Gasteiger partial charge < -0.3 is 5.73 Å². The Kier molecular flexibility index (Phi) is 4.66. The zero-order valence-electron chi connectivity index (χ0n) is 9.64. The average molecular weight is 265 g/mol. The van der Waals surface area contributed by atoms with E-state index in [1.54, 1.807) is 6.92 Å². The summed E-state index contributed by atoms with van der Waals surface area (Å²) in [6.07, 6.45) is 2.90. The maximum absolute atomic E-state index is 12.0. The van der Waals surface area contributed by atoms with Crippen LogP contribution in [0.4, 0.5) is 0 Å². The zero-order chi connectivity index (χ0) is 12.3. The van der Waals surface area contributed by atoms with Gasteiger partial charge in [-0.15, -0.1) is 0 Å². The minimum atomic E-state index is -3.46. The molecule has 0 aromatic heterocycles. The first kappa shape index (κ1) is 13.8. The summed E-state index contributed by atoms with van der Waals surface area (Å²) >= 11 is 4.75. The molecule has 1 aliphatic rings. The highest BCUT2D eigenvalue weighted by Gasteiger charge is 2.30. The van der Waals surface area contributed by atoms with Gasteiger partial charge >= 0.3 is 0 Å². The molecule has 0 aromatic rings. The van der Waals surface area contributed by atoms with Crippen molar-refractivity contribution in [1.29, 1.82) is 0 Å². The van der Waals surface area contributed by atoms with Crippen LogP contribution in [0.3, 0.4) is 0 Å². The maximum Gasteiger partial charge on any atom is 0.280 e. The van der Waals surface area contributed by atoms with E-state index in [0.717, 1.165) is 19.3 Å². The van der Waals surface area contributed by atoms with E-state index in [1.165, 1.54) is 4.31 Å². The lowest BCUT2D eigenvalue weighted by molar-refractivity contribution is 0.265. The summed E-state index contributed by atoms with van der Waals surface area (Å²) in [5.41, 5.74) is 5.39. The van der Waals surface area contributed by atoms with Gasteiger partial charge in [-0.1, -0.05) is 18.6 Å². The van der Waals surface area contributed by atoms with Crippen LogP contribution in [0, 0.1) is 0 Å². The first-order valence-electron chi connectivity index (χ1n) is 5.43. The number of nitrogens with two attached hydrogens (primary N) is 1. The highest BCUT2D eigenvalue weighted by atomic mass is 32.2. The molecule has 0 spiro atoms. The second-order valence-corrected chi connectivity index (χ2v) is 6.33. The standard InChI is InChI=1S/C9H19N3O2S2/c1-7-5-3-4-6-12(7)16(13,14)11-8(2)9(10)15/h7-8,11H,3-6H2,1-2H3,(H2,10,15). The monoisotopic (exact) mass is 265 g/mol. The molecule has 0 aromatic carbocycles. The maximum atomic E-state index is 12.0. The van der Waals surface area contributed by atoms with Crippen molar-refractivity contribution in [2.24, 2.45) is 5.73 Å². The van der Waals surface area contributed by atoms with E-state index in [2.05, 4.69) is 4.72 Å². The molecule has 1 heterocycles.